The van der Waals surface area contributed by atoms with Gasteiger partial charge >= 0.3 is 5.97 Å². The number of ketones is 1. The van der Waals surface area contributed by atoms with Crippen LogP contribution in [0.1, 0.15) is 69.8 Å². The van der Waals surface area contributed by atoms with Crippen molar-refractivity contribution in [2.24, 2.45) is 35.5 Å². The fraction of sp³-hybridized carbons (Fsp3) is 0.600. The zero-order valence-electron chi connectivity index (χ0n) is 21.6. The van der Waals surface area contributed by atoms with Crippen molar-refractivity contribution in [2.45, 2.75) is 71.5 Å². The van der Waals surface area contributed by atoms with Crippen molar-refractivity contribution in [1.82, 2.24) is 4.98 Å². The van der Waals surface area contributed by atoms with Gasteiger partial charge in [-0.1, -0.05) is 50.6 Å². The third-order valence-electron chi connectivity index (χ3n) is 8.54. The molecule has 190 valence electrons. The topological polar surface area (TPSA) is 68.4 Å². The second-order valence-corrected chi connectivity index (χ2v) is 10.6. The summed E-state index contributed by atoms with van der Waals surface area (Å²) in [6.45, 7) is 6.28. The molecule has 8 atom stereocenters. The molecule has 3 aliphatic rings. The van der Waals surface area contributed by atoms with Crippen molar-refractivity contribution in [1.29, 1.82) is 0 Å². The molecule has 4 rings (SSSR count). The number of aromatic nitrogens is 1. The highest BCUT2D eigenvalue weighted by Gasteiger charge is 2.42. The minimum absolute atomic E-state index is 0.00651. The van der Waals surface area contributed by atoms with Crippen molar-refractivity contribution in [2.75, 3.05) is 7.11 Å². The quantitative estimate of drug-likeness (QED) is 0.206. The third kappa shape index (κ3) is 5.55. The highest BCUT2D eigenvalue weighted by Crippen LogP contribution is 2.46. The summed E-state index contributed by atoms with van der Waals surface area (Å²) >= 11 is 0. The number of Topliss-reactive ketones (excluding diaryl/α,β-unsaturated/α-hetero) is 1. The maximum atomic E-state index is 13.5. The van der Waals surface area contributed by atoms with Gasteiger partial charge in [0.25, 0.3) is 0 Å². The molecule has 2 heterocycles. The van der Waals surface area contributed by atoms with E-state index in [9.17, 15) is 9.59 Å². The molecule has 35 heavy (non-hydrogen) atoms. The Hall–Kier alpha value is -2.40. The largest absolute Gasteiger partial charge is 0.469 e. The van der Waals surface area contributed by atoms with Crippen LogP contribution in [0.15, 0.2) is 54.3 Å². The Morgan fingerprint density at radius 2 is 2.06 bits per heavy atom. The molecule has 0 amide bonds. The zero-order chi connectivity index (χ0) is 24.9. The third-order valence-corrected chi connectivity index (χ3v) is 8.54. The number of hydrogen-bond donors (Lipinski definition) is 1. The Labute approximate surface area is 210 Å². The van der Waals surface area contributed by atoms with E-state index in [0.29, 0.717) is 23.4 Å². The van der Waals surface area contributed by atoms with Crippen LogP contribution in [0.5, 0.6) is 0 Å². The van der Waals surface area contributed by atoms with Gasteiger partial charge in [0.2, 0.25) is 0 Å². The van der Waals surface area contributed by atoms with Gasteiger partial charge in [0, 0.05) is 18.0 Å². The predicted molar refractivity (Wildman–Crippen MR) is 138 cm³/mol. The smallest absolute Gasteiger partial charge is 0.311 e. The van der Waals surface area contributed by atoms with Crippen LogP contribution in [0.2, 0.25) is 0 Å². The fourth-order valence-corrected chi connectivity index (χ4v) is 6.44. The summed E-state index contributed by atoms with van der Waals surface area (Å²) in [5.41, 5.74) is 1.95. The number of carbonyl (C=O) groups is 2. The summed E-state index contributed by atoms with van der Waals surface area (Å²) in [6.07, 6.45) is 19.1. The Balaban J connectivity index is 1.52. The van der Waals surface area contributed by atoms with Crippen LogP contribution >= 0.6 is 0 Å². The number of ether oxygens (including phenoxy) is 2. The molecule has 1 aliphatic heterocycles. The van der Waals surface area contributed by atoms with E-state index in [1.165, 1.54) is 25.5 Å². The first-order valence-corrected chi connectivity index (χ1v) is 13.4. The lowest BCUT2D eigenvalue weighted by Crippen LogP contribution is -2.40. The Kier molecular flexibility index (Phi) is 8.48. The highest BCUT2D eigenvalue weighted by molar-refractivity contribution is 5.97. The van der Waals surface area contributed by atoms with Gasteiger partial charge in [0.15, 0.2) is 5.78 Å². The molecule has 1 saturated heterocycles. The summed E-state index contributed by atoms with van der Waals surface area (Å²) in [7, 11) is 1.44. The van der Waals surface area contributed by atoms with Crippen molar-refractivity contribution in [3.8, 4) is 0 Å². The number of H-pyrrole nitrogens is 1. The average Bonchev–Trinajstić information content (AvgIpc) is 3.58. The van der Waals surface area contributed by atoms with Crippen LogP contribution in [0.3, 0.4) is 0 Å². The van der Waals surface area contributed by atoms with E-state index in [-0.39, 0.29) is 41.7 Å². The number of methoxy groups -OCH3 is 1. The van der Waals surface area contributed by atoms with Crippen molar-refractivity contribution >= 4 is 11.8 Å². The fourth-order valence-electron chi connectivity index (χ4n) is 6.44. The highest BCUT2D eigenvalue weighted by atomic mass is 16.5. The van der Waals surface area contributed by atoms with Crippen LogP contribution in [0, 0.1) is 35.5 Å². The SMILES string of the molecule is CC/C(=C\C=C\[C@H]1C=C[C@H]2CCC[C@@H]2[C@H]1C(=O)c1ccc[nH]1)[C@H]1O[C@H]([C@@H](C)C(=O)OC)CC[C@H]1C. The van der Waals surface area contributed by atoms with Gasteiger partial charge in [0.05, 0.1) is 30.9 Å². The first kappa shape index (κ1) is 25.7. The number of nitrogens with one attached hydrogen (secondary N) is 1. The molecule has 0 bridgehead atoms. The summed E-state index contributed by atoms with van der Waals surface area (Å²) in [5, 5.41) is 0. The Morgan fingerprint density at radius 1 is 1.23 bits per heavy atom. The molecule has 0 aromatic carbocycles. The van der Waals surface area contributed by atoms with Crippen LogP contribution in [0.25, 0.3) is 0 Å². The summed E-state index contributed by atoms with van der Waals surface area (Å²) in [5.74, 6) is 1.17. The summed E-state index contributed by atoms with van der Waals surface area (Å²) in [4.78, 5) is 28.7. The minimum atomic E-state index is -0.268. The average molecular weight is 480 g/mol. The number of allylic oxidation sites excluding steroid dienone is 5. The molecule has 1 aromatic rings. The van der Waals surface area contributed by atoms with E-state index in [1.807, 2.05) is 25.3 Å². The molecular weight excluding hydrogens is 438 g/mol. The van der Waals surface area contributed by atoms with Gasteiger partial charge in [-0.15, -0.1) is 0 Å². The number of rotatable bonds is 8. The van der Waals surface area contributed by atoms with E-state index in [0.717, 1.165) is 25.7 Å². The van der Waals surface area contributed by atoms with Crippen LogP contribution in [-0.4, -0.2) is 36.1 Å². The van der Waals surface area contributed by atoms with Gasteiger partial charge in [0.1, 0.15) is 0 Å². The maximum Gasteiger partial charge on any atom is 0.311 e. The van der Waals surface area contributed by atoms with E-state index in [4.69, 9.17) is 9.47 Å². The second-order valence-electron chi connectivity index (χ2n) is 10.6. The predicted octanol–water partition coefficient (Wildman–Crippen LogP) is 6.30. The van der Waals surface area contributed by atoms with Gasteiger partial charge in [-0.3, -0.25) is 9.59 Å². The lowest BCUT2D eigenvalue weighted by Gasteiger charge is -2.38. The minimum Gasteiger partial charge on any atom is -0.469 e. The number of carbonyl (C=O) groups excluding carboxylic acids is 2. The molecule has 0 spiro atoms. The first-order valence-electron chi connectivity index (χ1n) is 13.4. The van der Waals surface area contributed by atoms with E-state index < -0.39 is 0 Å². The van der Waals surface area contributed by atoms with Crippen molar-refractivity contribution < 1.29 is 19.1 Å². The normalized spacial score (nSPS) is 34.1. The van der Waals surface area contributed by atoms with E-state index >= 15 is 0 Å². The van der Waals surface area contributed by atoms with Gasteiger partial charge in [-0.2, -0.15) is 0 Å². The molecule has 0 radical (unpaired) electrons. The monoisotopic (exact) mass is 479 g/mol. The standard InChI is InChI=1S/C30H41NO4/c1-5-21(29-19(2)14-17-26(35-29)20(3)30(33)34-4)9-6-11-23-16-15-22-10-7-12-24(22)27(23)28(32)25-13-8-18-31-25/h6,8-9,11,13,15-16,18-20,22-24,26-27,29,31H,5,7,10,12,14,17H2,1-4H3/b11-6+,21-9+/t19-,20-,22-,23+,24+,26+,27+,29+/m1/s1. The van der Waals surface area contributed by atoms with Crippen molar-refractivity contribution in [3.63, 3.8) is 0 Å². The molecule has 2 aliphatic carbocycles. The van der Waals surface area contributed by atoms with Gasteiger partial charge < -0.3 is 14.5 Å². The summed E-state index contributed by atoms with van der Waals surface area (Å²) < 4.78 is 11.4. The molecule has 1 saturated carbocycles. The summed E-state index contributed by atoms with van der Waals surface area (Å²) in [6, 6.07) is 3.80. The first-order chi connectivity index (χ1) is 16.9. The Bertz CT molecular complexity index is 959. The number of esters is 1. The van der Waals surface area contributed by atoms with Crippen LogP contribution in [-0.2, 0) is 14.3 Å². The lowest BCUT2D eigenvalue weighted by molar-refractivity contribution is -0.156. The molecule has 0 unspecified atom stereocenters. The molecule has 5 heteroatoms. The van der Waals surface area contributed by atoms with E-state index in [2.05, 4.69) is 49.2 Å². The zero-order valence-corrected chi connectivity index (χ0v) is 21.6. The van der Waals surface area contributed by atoms with Crippen LogP contribution in [0.4, 0.5) is 0 Å². The molecule has 1 aromatic heterocycles. The van der Waals surface area contributed by atoms with Gasteiger partial charge in [-0.05, 0) is 74.5 Å². The molecule has 5 nitrogen and oxygen atoms in total. The number of hydrogen-bond acceptors (Lipinski definition) is 4. The molecule has 2 fully saturated rings. The van der Waals surface area contributed by atoms with Crippen molar-refractivity contribution in [3.05, 3.63) is 60.0 Å². The van der Waals surface area contributed by atoms with Gasteiger partial charge in [-0.25, -0.2) is 0 Å². The maximum absolute atomic E-state index is 13.5. The number of aromatic amines is 1. The van der Waals surface area contributed by atoms with E-state index in [1.54, 1.807) is 0 Å². The molecule has 1 N–H and O–H groups in total. The Morgan fingerprint density at radius 3 is 2.77 bits per heavy atom. The second kappa shape index (κ2) is 11.6. The number of fused-ring (bicyclic) bond motifs is 1. The molecular formula is C30H41NO4. The lowest BCUT2D eigenvalue weighted by atomic mass is 9.69. The van der Waals surface area contributed by atoms with Crippen LogP contribution < -0.4 is 0 Å².